The molecule has 3 aromatic carbocycles. The number of hydrogen-bond acceptors (Lipinski definition) is 4. The summed E-state index contributed by atoms with van der Waals surface area (Å²) in [5, 5.41) is 2.04. The molecule has 32 heavy (non-hydrogen) atoms. The minimum atomic E-state index is -1.74. The number of carbonyl (C=O) groups is 3. The van der Waals surface area contributed by atoms with Gasteiger partial charge in [0.25, 0.3) is 5.91 Å². The molecular weight excluding hydrogens is 423 g/mol. The quantitative estimate of drug-likeness (QED) is 0.338. The zero-order valence-electron chi connectivity index (χ0n) is 17.1. The molecule has 0 radical (unpaired) electrons. The molecule has 1 amide bonds. The predicted molar refractivity (Wildman–Crippen MR) is 111 cm³/mol. The second kappa shape index (κ2) is 9.47. The van der Waals surface area contributed by atoms with Gasteiger partial charge >= 0.3 is 5.97 Å². The first-order chi connectivity index (χ1) is 15.2. The van der Waals surface area contributed by atoms with Crippen molar-refractivity contribution >= 4 is 23.3 Å². The van der Waals surface area contributed by atoms with Gasteiger partial charge in [0, 0.05) is 11.1 Å². The SMILES string of the molecule is Cc1ccc(C(=O)c2ccccc2C(=O)OC(C)C(=O)Nc2ccc(F)c(F)c2F)cc1. The van der Waals surface area contributed by atoms with E-state index in [0.29, 0.717) is 11.6 Å². The average molecular weight is 441 g/mol. The number of aryl methyl sites for hydroxylation is 1. The van der Waals surface area contributed by atoms with Gasteiger partial charge in [-0.05, 0) is 32.0 Å². The van der Waals surface area contributed by atoms with Crippen LogP contribution in [0.1, 0.15) is 38.8 Å². The van der Waals surface area contributed by atoms with Crippen molar-refractivity contribution in [1.82, 2.24) is 0 Å². The van der Waals surface area contributed by atoms with Gasteiger partial charge in [0.2, 0.25) is 0 Å². The Morgan fingerprint density at radius 1 is 0.844 bits per heavy atom. The van der Waals surface area contributed by atoms with E-state index >= 15 is 0 Å². The Balaban J connectivity index is 1.76. The van der Waals surface area contributed by atoms with E-state index in [-0.39, 0.29) is 11.1 Å². The molecule has 0 aliphatic carbocycles. The molecule has 1 N–H and O–H groups in total. The van der Waals surface area contributed by atoms with Gasteiger partial charge in [-0.25, -0.2) is 18.0 Å². The molecule has 1 unspecified atom stereocenters. The van der Waals surface area contributed by atoms with Crippen LogP contribution in [0.3, 0.4) is 0 Å². The highest BCUT2D eigenvalue weighted by Gasteiger charge is 2.25. The average Bonchev–Trinajstić information content (AvgIpc) is 2.79. The first-order valence-electron chi connectivity index (χ1n) is 9.54. The van der Waals surface area contributed by atoms with Crippen LogP contribution in [0, 0.1) is 24.4 Å². The van der Waals surface area contributed by atoms with Crippen molar-refractivity contribution in [3.05, 3.63) is 100 Å². The van der Waals surface area contributed by atoms with E-state index in [4.69, 9.17) is 4.74 Å². The monoisotopic (exact) mass is 441 g/mol. The van der Waals surface area contributed by atoms with Gasteiger partial charge in [0.05, 0.1) is 11.3 Å². The van der Waals surface area contributed by atoms with Crippen LogP contribution >= 0.6 is 0 Å². The van der Waals surface area contributed by atoms with E-state index in [1.807, 2.05) is 12.2 Å². The topological polar surface area (TPSA) is 72.5 Å². The Morgan fingerprint density at radius 2 is 1.47 bits per heavy atom. The van der Waals surface area contributed by atoms with E-state index in [1.165, 1.54) is 25.1 Å². The smallest absolute Gasteiger partial charge is 0.339 e. The molecule has 0 aliphatic rings. The summed E-state index contributed by atoms with van der Waals surface area (Å²) in [4.78, 5) is 37.8. The third-order valence-corrected chi connectivity index (χ3v) is 4.65. The summed E-state index contributed by atoms with van der Waals surface area (Å²) >= 11 is 0. The Kier molecular flexibility index (Phi) is 6.73. The van der Waals surface area contributed by atoms with Crippen LogP contribution in [0.15, 0.2) is 60.7 Å². The molecule has 0 aromatic heterocycles. The lowest BCUT2D eigenvalue weighted by Gasteiger charge is -2.15. The molecule has 0 fully saturated rings. The molecule has 0 saturated heterocycles. The lowest BCUT2D eigenvalue weighted by Crippen LogP contribution is -2.31. The summed E-state index contributed by atoms with van der Waals surface area (Å²) in [6, 6.07) is 14.2. The van der Waals surface area contributed by atoms with Crippen LogP contribution < -0.4 is 5.32 Å². The number of halogens is 3. The maximum absolute atomic E-state index is 13.8. The van der Waals surface area contributed by atoms with Crippen LogP contribution in [0.2, 0.25) is 0 Å². The lowest BCUT2D eigenvalue weighted by molar-refractivity contribution is -0.123. The van der Waals surface area contributed by atoms with Crippen molar-refractivity contribution in [2.45, 2.75) is 20.0 Å². The normalized spacial score (nSPS) is 11.5. The summed E-state index contributed by atoms with van der Waals surface area (Å²) in [5.41, 5.74) is 0.756. The number of benzene rings is 3. The minimum Gasteiger partial charge on any atom is -0.449 e. The van der Waals surface area contributed by atoms with Crippen LogP contribution in [-0.2, 0) is 9.53 Å². The van der Waals surface area contributed by atoms with Gasteiger partial charge in [-0.15, -0.1) is 0 Å². The Hall–Kier alpha value is -3.94. The van der Waals surface area contributed by atoms with Crippen LogP contribution in [0.5, 0.6) is 0 Å². The van der Waals surface area contributed by atoms with Crippen molar-refractivity contribution in [3.63, 3.8) is 0 Å². The third kappa shape index (κ3) is 4.85. The number of nitrogens with one attached hydrogen (secondary N) is 1. The highest BCUT2D eigenvalue weighted by Crippen LogP contribution is 2.21. The summed E-state index contributed by atoms with van der Waals surface area (Å²) in [5.74, 6) is -7.05. The standard InChI is InChI=1S/C24H18F3NO4/c1-13-7-9-15(10-8-13)22(29)16-5-3-4-6-17(16)24(31)32-14(2)23(30)28-19-12-11-18(25)20(26)21(19)27/h3-12,14H,1-2H3,(H,28,30). The summed E-state index contributed by atoms with van der Waals surface area (Å²) < 4.78 is 45.3. The summed E-state index contributed by atoms with van der Waals surface area (Å²) in [6.07, 6.45) is -1.42. The predicted octanol–water partition coefficient (Wildman–Crippen LogP) is 4.83. The fourth-order valence-electron chi connectivity index (χ4n) is 2.85. The molecule has 0 spiro atoms. The van der Waals surface area contributed by atoms with E-state index in [9.17, 15) is 27.6 Å². The molecule has 3 rings (SSSR count). The number of amides is 1. The number of ether oxygens (including phenoxy) is 1. The molecule has 1 atom stereocenters. The number of anilines is 1. The van der Waals surface area contributed by atoms with Crippen LogP contribution in [-0.4, -0.2) is 23.8 Å². The molecule has 5 nitrogen and oxygen atoms in total. The zero-order valence-corrected chi connectivity index (χ0v) is 17.1. The van der Waals surface area contributed by atoms with Crippen LogP contribution in [0.25, 0.3) is 0 Å². The van der Waals surface area contributed by atoms with Gasteiger partial charge in [-0.2, -0.15) is 0 Å². The summed E-state index contributed by atoms with van der Waals surface area (Å²) in [7, 11) is 0. The van der Waals surface area contributed by atoms with E-state index in [0.717, 1.165) is 11.6 Å². The maximum Gasteiger partial charge on any atom is 0.339 e. The molecule has 0 saturated carbocycles. The van der Waals surface area contributed by atoms with Crippen molar-refractivity contribution < 1.29 is 32.3 Å². The Labute approximate surface area is 181 Å². The van der Waals surface area contributed by atoms with E-state index in [1.54, 1.807) is 30.3 Å². The lowest BCUT2D eigenvalue weighted by atomic mass is 9.98. The zero-order chi connectivity index (χ0) is 23.4. The molecule has 8 heteroatoms. The van der Waals surface area contributed by atoms with E-state index in [2.05, 4.69) is 0 Å². The number of ketones is 1. The largest absolute Gasteiger partial charge is 0.449 e. The number of carbonyl (C=O) groups excluding carboxylic acids is 3. The number of hydrogen-bond donors (Lipinski definition) is 1. The van der Waals surface area contributed by atoms with Crippen molar-refractivity contribution in [1.29, 1.82) is 0 Å². The molecule has 0 heterocycles. The fourth-order valence-corrected chi connectivity index (χ4v) is 2.85. The van der Waals surface area contributed by atoms with Crippen molar-refractivity contribution in [3.8, 4) is 0 Å². The molecule has 3 aromatic rings. The van der Waals surface area contributed by atoms with Crippen molar-refractivity contribution in [2.75, 3.05) is 5.32 Å². The van der Waals surface area contributed by atoms with Crippen molar-refractivity contribution in [2.24, 2.45) is 0 Å². The fraction of sp³-hybridized carbons (Fsp3) is 0.125. The first-order valence-corrected chi connectivity index (χ1v) is 9.54. The second-order valence-electron chi connectivity index (χ2n) is 7.00. The maximum atomic E-state index is 13.8. The number of esters is 1. The Morgan fingerprint density at radius 3 is 2.12 bits per heavy atom. The highest BCUT2D eigenvalue weighted by molar-refractivity contribution is 6.14. The summed E-state index contributed by atoms with van der Waals surface area (Å²) in [6.45, 7) is 3.09. The van der Waals surface area contributed by atoms with E-state index < -0.39 is 46.9 Å². The van der Waals surface area contributed by atoms with Gasteiger partial charge in [0.15, 0.2) is 29.3 Å². The highest BCUT2D eigenvalue weighted by atomic mass is 19.2. The minimum absolute atomic E-state index is 0.0586. The third-order valence-electron chi connectivity index (χ3n) is 4.65. The van der Waals surface area contributed by atoms with Gasteiger partial charge in [-0.1, -0.05) is 48.0 Å². The molecule has 164 valence electrons. The molecule has 0 aliphatic heterocycles. The van der Waals surface area contributed by atoms with Crippen LogP contribution in [0.4, 0.5) is 18.9 Å². The molecular formula is C24H18F3NO4. The second-order valence-corrected chi connectivity index (χ2v) is 7.00. The number of rotatable bonds is 6. The van der Waals surface area contributed by atoms with Gasteiger partial charge in [-0.3, -0.25) is 9.59 Å². The van der Waals surface area contributed by atoms with Gasteiger partial charge < -0.3 is 10.1 Å². The molecule has 0 bridgehead atoms. The Bertz CT molecular complexity index is 1190. The first kappa shape index (κ1) is 22.7. The van der Waals surface area contributed by atoms with Gasteiger partial charge in [0.1, 0.15) is 0 Å².